The molecule has 2 heterocycles. The summed E-state index contributed by atoms with van der Waals surface area (Å²) >= 11 is 0. The summed E-state index contributed by atoms with van der Waals surface area (Å²) in [5.41, 5.74) is 0.641. The number of carbonyl (C=O) groups excluding carboxylic acids is 2. The first-order chi connectivity index (χ1) is 14.5. The van der Waals surface area contributed by atoms with Gasteiger partial charge in [-0.05, 0) is 63.2 Å². The topological polar surface area (TPSA) is 61.9 Å². The highest BCUT2D eigenvalue weighted by Gasteiger charge is 2.32. The van der Waals surface area contributed by atoms with Crippen LogP contribution in [0.5, 0.6) is 5.75 Å². The van der Waals surface area contributed by atoms with Crippen molar-refractivity contribution in [2.75, 3.05) is 39.8 Å². The summed E-state index contributed by atoms with van der Waals surface area (Å²) in [6, 6.07) is 7.95. The molecule has 0 aliphatic carbocycles. The SMILES string of the molecule is COc1ccccc1C(=O)N1CCC(N2CCC(C(=O)NCCC(C)C)CC2)CC1. The molecule has 2 aliphatic rings. The van der Waals surface area contributed by atoms with Gasteiger partial charge in [0.2, 0.25) is 5.91 Å². The van der Waals surface area contributed by atoms with Crippen LogP contribution < -0.4 is 10.1 Å². The van der Waals surface area contributed by atoms with Crippen molar-refractivity contribution in [3.8, 4) is 5.75 Å². The standard InChI is InChI=1S/C24H37N3O3/c1-18(2)8-13-25-23(28)19-9-14-26(15-10-19)20-11-16-27(17-12-20)24(29)21-6-4-5-7-22(21)30-3/h4-7,18-20H,8-17H2,1-3H3,(H,25,28). The number of ether oxygens (including phenoxy) is 1. The largest absolute Gasteiger partial charge is 0.496 e. The second-order valence-corrected chi connectivity index (χ2v) is 9.01. The third-order valence-corrected chi connectivity index (χ3v) is 6.53. The molecule has 2 saturated heterocycles. The van der Waals surface area contributed by atoms with Crippen molar-refractivity contribution < 1.29 is 14.3 Å². The summed E-state index contributed by atoms with van der Waals surface area (Å²) in [5, 5.41) is 3.11. The van der Waals surface area contributed by atoms with Gasteiger partial charge in [0.15, 0.2) is 0 Å². The molecule has 2 fully saturated rings. The van der Waals surface area contributed by atoms with Crippen LogP contribution in [0, 0.1) is 11.8 Å². The maximum absolute atomic E-state index is 12.9. The van der Waals surface area contributed by atoms with Crippen LogP contribution >= 0.6 is 0 Å². The average Bonchev–Trinajstić information content (AvgIpc) is 2.78. The lowest BCUT2D eigenvalue weighted by Gasteiger charge is -2.41. The summed E-state index contributed by atoms with van der Waals surface area (Å²) in [5.74, 6) is 1.70. The highest BCUT2D eigenvalue weighted by molar-refractivity contribution is 5.97. The van der Waals surface area contributed by atoms with E-state index in [1.807, 2.05) is 29.2 Å². The van der Waals surface area contributed by atoms with Crippen LogP contribution in [0.4, 0.5) is 0 Å². The molecule has 6 heteroatoms. The van der Waals surface area contributed by atoms with Crippen LogP contribution in [-0.2, 0) is 4.79 Å². The van der Waals surface area contributed by atoms with Gasteiger partial charge in [-0.3, -0.25) is 9.59 Å². The smallest absolute Gasteiger partial charge is 0.257 e. The van der Waals surface area contributed by atoms with Crippen LogP contribution in [-0.4, -0.2) is 67.5 Å². The molecule has 0 aromatic heterocycles. The molecule has 2 amide bonds. The Morgan fingerprint density at radius 1 is 1.07 bits per heavy atom. The Morgan fingerprint density at radius 2 is 1.73 bits per heavy atom. The molecular weight excluding hydrogens is 378 g/mol. The molecule has 1 N–H and O–H groups in total. The van der Waals surface area contributed by atoms with Gasteiger partial charge in [-0.2, -0.15) is 0 Å². The number of nitrogens with zero attached hydrogens (tertiary/aromatic N) is 2. The highest BCUT2D eigenvalue weighted by Crippen LogP contribution is 2.26. The Labute approximate surface area is 180 Å². The molecule has 0 spiro atoms. The number of piperidine rings is 2. The van der Waals surface area contributed by atoms with Gasteiger partial charge < -0.3 is 19.9 Å². The molecule has 30 heavy (non-hydrogen) atoms. The molecule has 1 aromatic carbocycles. The molecule has 0 unspecified atom stereocenters. The number of amides is 2. The van der Waals surface area contributed by atoms with Crippen molar-refractivity contribution in [2.24, 2.45) is 11.8 Å². The quantitative estimate of drug-likeness (QED) is 0.743. The molecule has 166 valence electrons. The molecule has 0 atom stereocenters. The average molecular weight is 416 g/mol. The fraction of sp³-hybridized carbons (Fsp3) is 0.667. The van der Waals surface area contributed by atoms with Crippen molar-refractivity contribution in [1.82, 2.24) is 15.1 Å². The van der Waals surface area contributed by atoms with E-state index < -0.39 is 0 Å². The van der Waals surface area contributed by atoms with Gasteiger partial charge in [0.25, 0.3) is 5.91 Å². The van der Waals surface area contributed by atoms with Gasteiger partial charge in [0, 0.05) is 31.6 Å². The molecule has 1 aromatic rings. The van der Waals surface area contributed by atoms with Crippen molar-refractivity contribution in [3.05, 3.63) is 29.8 Å². The van der Waals surface area contributed by atoms with E-state index in [0.29, 0.717) is 23.3 Å². The molecule has 2 aliphatic heterocycles. The van der Waals surface area contributed by atoms with E-state index in [2.05, 4.69) is 24.1 Å². The first-order valence-electron chi connectivity index (χ1n) is 11.4. The van der Waals surface area contributed by atoms with Crippen molar-refractivity contribution in [2.45, 2.75) is 52.0 Å². The molecular formula is C24H37N3O3. The predicted octanol–water partition coefficient (Wildman–Crippen LogP) is 3.17. The fourth-order valence-corrected chi connectivity index (χ4v) is 4.58. The van der Waals surface area contributed by atoms with Gasteiger partial charge in [-0.1, -0.05) is 26.0 Å². The van der Waals surface area contributed by atoms with Gasteiger partial charge in [-0.15, -0.1) is 0 Å². The van der Waals surface area contributed by atoms with Crippen molar-refractivity contribution in [3.63, 3.8) is 0 Å². The second kappa shape index (κ2) is 10.8. The van der Waals surface area contributed by atoms with Crippen LogP contribution in [0.2, 0.25) is 0 Å². The predicted molar refractivity (Wildman–Crippen MR) is 119 cm³/mol. The maximum Gasteiger partial charge on any atom is 0.257 e. The zero-order valence-corrected chi connectivity index (χ0v) is 18.7. The first-order valence-corrected chi connectivity index (χ1v) is 11.4. The Balaban J connectivity index is 1.43. The Hall–Kier alpha value is -2.08. The van der Waals surface area contributed by atoms with Crippen LogP contribution in [0.15, 0.2) is 24.3 Å². The minimum absolute atomic E-state index is 0.0580. The minimum atomic E-state index is 0.0580. The summed E-state index contributed by atoms with van der Waals surface area (Å²) in [6.45, 7) is 8.66. The third kappa shape index (κ3) is 5.75. The number of rotatable bonds is 7. The number of methoxy groups -OCH3 is 1. The minimum Gasteiger partial charge on any atom is -0.496 e. The Kier molecular flexibility index (Phi) is 8.14. The van der Waals surface area contributed by atoms with E-state index in [0.717, 1.165) is 64.8 Å². The number of para-hydroxylation sites is 1. The lowest BCUT2D eigenvalue weighted by Crippen LogP contribution is -2.50. The Bertz CT molecular complexity index is 705. The lowest BCUT2D eigenvalue weighted by atomic mass is 9.92. The van der Waals surface area contributed by atoms with Gasteiger partial charge >= 0.3 is 0 Å². The number of hydrogen-bond donors (Lipinski definition) is 1. The monoisotopic (exact) mass is 415 g/mol. The zero-order valence-electron chi connectivity index (χ0n) is 18.7. The Morgan fingerprint density at radius 3 is 2.37 bits per heavy atom. The molecule has 6 nitrogen and oxygen atoms in total. The maximum atomic E-state index is 12.9. The van der Waals surface area contributed by atoms with Crippen molar-refractivity contribution in [1.29, 1.82) is 0 Å². The summed E-state index contributed by atoms with van der Waals surface area (Å²) in [7, 11) is 1.60. The first kappa shape index (κ1) is 22.6. The van der Waals surface area contributed by atoms with E-state index in [4.69, 9.17) is 4.74 Å². The molecule has 0 saturated carbocycles. The summed E-state index contributed by atoms with van der Waals surface area (Å²) in [4.78, 5) is 29.8. The zero-order chi connectivity index (χ0) is 21.5. The van der Waals surface area contributed by atoms with Gasteiger partial charge in [-0.25, -0.2) is 0 Å². The second-order valence-electron chi connectivity index (χ2n) is 9.01. The van der Waals surface area contributed by atoms with Gasteiger partial charge in [0.1, 0.15) is 5.75 Å². The van der Waals surface area contributed by atoms with Crippen LogP contribution in [0.3, 0.4) is 0 Å². The summed E-state index contributed by atoms with van der Waals surface area (Å²) in [6.07, 6.45) is 4.90. The number of benzene rings is 1. The van der Waals surface area contributed by atoms with E-state index in [9.17, 15) is 9.59 Å². The van der Waals surface area contributed by atoms with E-state index in [1.54, 1.807) is 7.11 Å². The van der Waals surface area contributed by atoms with E-state index >= 15 is 0 Å². The number of hydrogen-bond acceptors (Lipinski definition) is 4. The van der Waals surface area contributed by atoms with Crippen LogP contribution in [0.1, 0.15) is 56.3 Å². The third-order valence-electron chi connectivity index (χ3n) is 6.53. The fourth-order valence-electron chi connectivity index (χ4n) is 4.58. The van der Waals surface area contributed by atoms with Gasteiger partial charge in [0.05, 0.1) is 12.7 Å². The van der Waals surface area contributed by atoms with E-state index in [1.165, 1.54) is 0 Å². The molecule has 0 bridgehead atoms. The van der Waals surface area contributed by atoms with Crippen molar-refractivity contribution >= 4 is 11.8 Å². The number of nitrogens with one attached hydrogen (secondary N) is 1. The van der Waals surface area contributed by atoms with Crippen LogP contribution in [0.25, 0.3) is 0 Å². The number of carbonyl (C=O) groups is 2. The highest BCUT2D eigenvalue weighted by atomic mass is 16.5. The lowest BCUT2D eigenvalue weighted by molar-refractivity contribution is -0.126. The molecule has 3 rings (SSSR count). The summed E-state index contributed by atoms with van der Waals surface area (Å²) < 4.78 is 5.35. The van der Waals surface area contributed by atoms with E-state index in [-0.39, 0.29) is 17.7 Å². The normalized spacial score (nSPS) is 19.1. The number of likely N-dealkylation sites (tertiary alicyclic amines) is 2. The molecule has 0 radical (unpaired) electrons.